The predicted molar refractivity (Wildman–Crippen MR) is 89.3 cm³/mol. The van der Waals surface area contributed by atoms with E-state index in [0.29, 0.717) is 33.2 Å². The molecular formula is C16H16Cl2N2O2. The van der Waals surface area contributed by atoms with Gasteiger partial charge in [-0.05, 0) is 42.3 Å². The minimum absolute atomic E-state index is 0.365. The summed E-state index contributed by atoms with van der Waals surface area (Å²) in [6.45, 7) is 1.84. The van der Waals surface area contributed by atoms with Crippen molar-refractivity contribution in [2.45, 2.75) is 13.3 Å². The van der Waals surface area contributed by atoms with Gasteiger partial charge in [0.25, 0.3) is 0 Å². The lowest BCUT2D eigenvalue weighted by Gasteiger charge is -2.07. The van der Waals surface area contributed by atoms with E-state index in [2.05, 4.69) is 0 Å². The lowest BCUT2D eigenvalue weighted by molar-refractivity contribution is 0.0999. The molecule has 0 spiro atoms. The van der Waals surface area contributed by atoms with Gasteiger partial charge in [-0.1, -0.05) is 42.3 Å². The first-order chi connectivity index (χ1) is 10.4. The molecular weight excluding hydrogens is 323 g/mol. The second-order valence-electron chi connectivity index (χ2n) is 4.35. The minimum atomic E-state index is -0.537. The average Bonchev–Trinajstić information content (AvgIpc) is 2.46. The van der Waals surface area contributed by atoms with E-state index in [4.69, 9.17) is 34.7 Å². The SMILES string of the molecule is CCc1c(C(N)=O)cccc1C(N)=O.Clc1cccc(Cl)c1. The summed E-state index contributed by atoms with van der Waals surface area (Å²) in [5, 5.41) is 1.36. The van der Waals surface area contributed by atoms with E-state index in [0.717, 1.165) is 0 Å². The zero-order valence-electron chi connectivity index (χ0n) is 12.0. The van der Waals surface area contributed by atoms with Crippen molar-refractivity contribution in [2.75, 3.05) is 0 Å². The van der Waals surface area contributed by atoms with Crippen LogP contribution in [0.1, 0.15) is 33.2 Å². The number of rotatable bonds is 3. The summed E-state index contributed by atoms with van der Waals surface area (Å²) in [6, 6.07) is 11.9. The Morgan fingerprint density at radius 1 is 0.909 bits per heavy atom. The Labute approximate surface area is 139 Å². The zero-order chi connectivity index (χ0) is 16.7. The molecule has 6 heteroatoms. The van der Waals surface area contributed by atoms with Crippen LogP contribution >= 0.6 is 23.2 Å². The Hall–Kier alpha value is -2.04. The molecule has 0 radical (unpaired) electrons. The third kappa shape index (κ3) is 5.06. The van der Waals surface area contributed by atoms with E-state index >= 15 is 0 Å². The molecule has 0 aliphatic carbocycles. The minimum Gasteiger partial charge on any atom is -0.366 e. The third-order valence-corrected chi connectivity index (χ3v) is 3.32. The van der Waals surface area contributed by atoms with E-state index in [9.17, 15) is 9.59 Å². The Bertz CT molecular complexity index is 638. The lowest BCUT2D eigenvalue weighted by atomic mass is 9.98. The number of carbonyl (C=O) groups excluding carboxylic acids is 2. The summed E-state index contributed by atoms with van der Waals surface area (Å²) in [4.78, 5) is 22.1. The molecule has 2 amide bonds. The smallest absolute Gasteiger partial charge is 0.249 e. The number of benzene rings is 2. The van der Waals surface area contributed by atoms with Crippen LogP contribution in [0.2, 0.25) is 10.0 Å². The topological polar surface area (TPSA) is 86.2 Å². The highest BCUT2D eigenvalue weighted by atomic mass is 35.5. The van der Waals surface area contributed by atoms with Crippen LogP contribution in [0.3, 0.4) is 0 Å². The molecule has 0 aliphatic heterocycles. The molecule has 22 heavy (non-hydrogen) atoms. The van der Waals surface area contributed by atoms with Crippen molar-refractivity contribution < 1.29 is 9.59 Å². The molecule has 0 fully saturated rings. The first-order valence-electron chi connectivity index (χ1n) is 6.49. The third-order valence-electron chi connectivity index (χ3n) is 2.85. The van der Waals surface area contributed by atoms with Crippen LogP contribution in [0.25, 0.3) is 0 Å². The molecule has 0 saturated carbocycles. The molecule has 4 N–H and O–H groups in total. The van der Waals surface area contributed by atoms with E-state index in [1.54, 1.807) is 36.4 Å². The van der Waals surface area contributed by atoms with Gasteiger partial charge in [-0.25, -0.2) is 0 Å². The highest BCUT2D eigenvalue weighted by Gasteiger charge is 2.13. The highest BCUT2D eigenvalue weighted by Crippen LogP contribution is 2.15. The van der Waals surface area contributed by atoms with Gasteiger partial charge in [0.2, 0.25) is 11.8 Å². The van der Waals surface area contributed by atoms with Gasteiger partial charge in [0.05, 0.1) is 0 Å². The number of hydrogen-bond acceptors (Lipinski definition) is 2. The maximum Gasteiger partial charge on any atom is 0.249 e. The van der Waals surface area contributed by atoms with Crippen molar-refractivity contribution in [1.29, 1.82) is 0 Å². The van der Waals surface area contributed by atoms with Gasteiger partial charge in [0.1, 0.15) is 0 Å². The first kappa shape index (κ1) is 18.0. The number of halogens is 2. The van der Waals surface area contributed by atoms with Gasteiger partial charge in [-0.2, -0.15) is 0 Å². The molecule has 2 aromatic carbocycles. The summed E-state index contributed by atoms with van der Waals surface area (Å²) >= 11 is 11.1. The number of carbonyl (C=O) groups is 2. The lowest BCUT2D eigenvalue weighted by Crippen LogP contribution is -2.19. The summed E-state index contributed by atoms with van der Waals surface area (Å²) in [6.07, 6.45) is 0.553. The van der Waals surface area contributed by atoms with Crippen molar-refractivity contribution >= 4 is 35.0 Å². The molecule has 0 unspecified atom stereocenters. The molecule has 2 aromatic rings. The van der Waals surface area contributed by atoms with Gasteiger partial charge in [0, 0.05) is 21.2 Å². The Balaban J connectivity index is 0.000000255. The maximum absolute atomic E-state index is 11.0. The standard InChI is InChI=1S/C10H12N2O2.C6H4Cl2/c1-2-6-7(9(11)13)4-3-5-8(6)10(12)14;7-5-2-1-3-6(8)4-5/h3-5H,2H2,1H3,(H2,11,13)(H2,12,14);1-4H. The van der Waals surface area contributed by atoms with Crippen molar-refractivity contribution in [2.24, 2.45) is 11.5 Å². The molecule has 4 nitrogen and oxygen atoms in total. The number of nitrogens with two attached hydrogens (primary N) is 2. The molecule has 2 rings (SSSR count). The van der Waals surface area contributed by atoms with Gasteiger partial charge in [0.15, 0.2) is 0 Å². The predicted octanol–water partition coefficient (Wildman–Crippen LogP) is 3.44. The van der Waals surface area contributed by atoms with Crippen LogP contribution in [-0.2, 0) is 6.42 Å². The number of primary amides is 2. The van der Waals surface area contributed by atoms with Gasteiger partial charge in [-0.15, -0.1) is 0 Å². The average molecular weight is 339 g/mol. The van der Waals surface area contributed by atoms with Crippen molar-refractivity contribution in [3.63, 3.8) is 0 Å². The normalized spacial score (nSPS) is 9.59. The summed E-state index contributed by atoms with van der Waals surface area (Å²) in [5.41, 5.74) is 11.7. The van der Waals surface area contributed by atoms with E-state index < -0.39 is 11.8 Å². The summed E-state index contributed by atoms with van der Waals surface area (Å²) in [5.74, 6) is -1.07. The molecule has 116 valence electrons. The van der Waals surface area contributed by atoms with Crippen LogP contribution < -0.4 is 11.5 Å². The van der Waals surface area contributed by atoms with Crippen LogP contribution in [0.15, 0.2) is 42.5 Å². The van der Waals surface area contributed by atoms with Crippen LogP contribution in [0.5, 0.6) is 0 Å². The largest absolute Gasteiger partial charge is 0.366 e. The van der Waals surface area contributed by atoms with E-state index in [1.807, 2.05) is 13.0 Å². The second kappa shape index (κ2) is 8.41. The molecule has 0 aromatic heterocycles. The monoisotopic (exact) mass is 338 g/mol. The van der Waals surface area contributed by atoms with Gasteiger partial charge < -0.3 is 11.5 Å². The fourth-order valence-electron chi connectivity index (χ4n) is 1.89. The quantitative estimate of drug-likeness (QED) is 0.897. The van der Waals surface area contributed by atoms with Crippen molar-refractivity contribution in [1.82, 2.24) is 0 Å². The second-order valence-corrected chi connectivity index (χ2v) is 5.23. The Morgan fingerprint density at radius 3 is 1.59 bits per heavy atom. The fraction of sp³-hybridized carbons (Fsp3) is 0.125. The van der Waals surface area contributed by atoms with Crippen LogP contribution in [0, 0.1) is 0 Å². The number of hydrogen-bond donors (Lipinski definition) is 2. The van der Waals surface area contributed by atoms with E-state index in [-0.39, 0.29) is 0 Å². The summed E-state index contributed by atoms with van der Waals surface area (Å²) < 4.78 is 0. The Morgan fingerprint density at radius 2 is 1.32 bits per heavy atom. The van der Waals surface area contributed by atoms with Crippen molar-refractivity contribution in [3.8, 4) is 0 Å². The molecule has 0 bridgehead atoms. The highest BCUT2D eigenvalue weighted by molar-refractivity contribution is 6.34. The zero-order valence-corrected chi connectivity index (χ0v) is 13.5. The molecule has 0 heterocycles. The number of amides is 2. The van der Waals surface area contributed by atoms with Crippen LogP contribution in [-0.4, -0.2) is 11.8 Å². The van der Waals surface area contributed by atoms with E-state index in [1.165, 1.54) is 0 Å². The molecule has 0 saturated heterocycles. The Kier molecular flexibility index (Phi) is 6.89. The van der Waals surface area contributed by atoms with Gasteiger partial charge in [-0.3, -0.25) is 9.59 Å². The van der Waals surface area contributed by atoms with Crippen molar-refractivity contribution in [3.05, 3.63) is 69.2 Å². The first-order valence-corrected chi connectivity index (χ1v) is 7.25. The van der Waals surface area contributed by atoms with Crippen LogP contribution in [0.4, 0.5) is 0 Å². The van der Waals surface area contributed by atoms with Gasteiger partial charge >= 0.3 is 0 Å². The fourth-order valence-corrected chi connectivity index (χ4v) is 2.33. The maximum atomic E-state index is 11.0. The summed E-state index contributed by atoms with van der Waals surface area (Å²) in [7, 11) is 0. The molecule has 0 atom stereocenters. The molecule has 0 aliphatic rings.